The summed E-state index contributed by atoms with van der Waals surface area (Å²) in [4.78, 5) is 12.0. The third kappa shape index (κ3) is 3.10. The first-order chi connectivity index (χ1) is 10.2. The molecule has 0 spiro atoms. The molecule has 2 unspecified atom stereocenters. The van der Waals surface area contributed by atoms with Gasteiger partial charge in [0.2, 0.25) is 0 Å². The topological polar surface area (TPSA) is 26.3 Å². The van der Waals surface area contributed by atoms with Crippen molar-refractivity contribution in [2.24, 2.45) is 17.3 Å². The van der Waals surface area contributed by atoms with Gasteiger partial charge in [-0.05, 0) is 5.41 Å². The Hall–Kier alpha value is -1.20. The summed E-state index contributed by atoms with van der Waals surface area (Å²) in [6, 6.07) is 1.06. The highest BCUT2D eigenvalue weighted by atomic mass is 35.5. The Morgan fingerprint density at radius 2 is 1.82 bits per heavy atom. The van der Waals surface area contributed by atoms with Gasteiger partial charge >= 0.3 is 5.97 Å². The number of esters is 1. The molecule has 1 aromatic carbocycles. The molecule has 1 fully saturated rings. The minimum absolute atomic E-state index is 0.290. The Labute approximate surface area is 135 Å². The van der Waals surface area contributed by atoms with Crippen molar-refractivity contribution in [3.05, 3.63) is 45.7 Å². The Bertz CT molecular complexity index is 621. The van der Waals surface area contributed by atoms with Gasteiger partial charge in [0.15, 0.2) is 0 Å². The van der Waals surface area contributed by atoms with Crippen molar-refractivity contribution < 1.29 is 22.7 Å². The maximum Gasteiger partial charge on any atom is 0.310 e. The Kier molecular flexibility index (Phi) is 4.78. The third-order valence-electron chi connectivity index (χ3n) is 3.95. The summed E-state index contributed by atoms with van der Waals surface area (Å²) in [6.07, 6.45) is 0. The fourth-order valence-corrected chi connectivity index (χ4v) is 3.15. The number of carbonyl (C=O) groups excluding carboxylic acids is 1. The van der Waals surface area contributed by atoms with Crippen LogP contribution in [-0.2, 0) is 16.1 Å². The van der Waals surface area contributed by atoms with Gasteiger partial charge in [-0.15, -0.1) is 0 Å². The molecule has 0 bridgehead atoms. The smallest absolute Gasteiger partial charge is 0.310 e. The van der Waals surface area contributed by atoms with Gasteiger partial charge in [0, 0.05) is 28.6 Å². The molecule has 1 aromatic rings. The summed E-state index contributed by atoms with van der Waals surface area (Å²) in [5.41, 5.74) is 0.240. The second-order valence-corrected chi connectivity index (χ2v) is 6.38. The number of hydrogen-bond donors (Lipinski definition) is 0. The number of allylic oxidation sites excluding steroid dienone is 1. The van der Waals surface area contributed by atoms with Crippen molar-refractivity contribution in [1.82, 2.24) is 0 Å². The molecule has 0 aliphatic heterocycles. The van der Waals surface area contributed by atoms with Gasteiger partial charge in [0.25, 0.3) is 0 Å². The molecule has 120 valence electrons. The van der Waals surface area contributed by atoms with Crippen molar-refractivity contribution in [2.45, 2.75) is 20.5 Å². The minimum atomic E-state index is -1.10. The fraction of sp³-hybridized carbons (Fsp3) is 0.400. The van der Waals surface area contributed by atoms with E-state index in [0.717, 1.165) is 0 Å². The molecule has 1 aliphatic rings. The standard InChI is InChI=1S/C15H13Cl2F3O2/c1-15(2)12(9(17)5-16)13(15)14(21)22-6-8-10(19)3-7(18)4-11(8)20/h3-5,12-13H,6H2,1-2H3/b9-5-. The SMILES string of the molecule is CC1(C)C(C(=O)OCc2c(F)cc(F)cc2F)C1/C(Cl)=C/Cl. The van der Waals surface area contributed by atoms with E-state index in [1.54, 1.807) is 0 Å². The van der Waals surface area contributed by atoms with E-state index in [9.17, 15) is 18.0 Å². The zero-order valence-corrected chi connectivity index (χ0v) is 13.3. The van der Waals surface area contributed by atoms with Crippen LogP contribution in [0.15, 0.2) is 22.7 Å². The lowest BCUT2D eigenvalue weighted by Gasteiger charge is -2.08. The van der Waals surface area contributed by atoms with Crippen LogP contribution in [0.5, 0.6) is 0 Å². The molecule has 2 nitrogen and oxygen atoms in total. The molecular weight excluding hydrogens is 340 g/mol. The molecule has 1 saturated carbocycles. The van der Waals surface area contributed by atoms with Crippen molar-refractivity contribution in [1.29, 1.82) is 0 Å². The molecule has 0 N–H and O–H groups in total. The Morgan fingerprint density at radius 3 is 2.32 bits per heavy atom. The number of rotatable bonds is 4. The summed E-state index contributed by atoms with van der Waals surface area (Å²) >= 11 is 11.5. The van der Waals surface area contributed by atoms with E-state index in [4.69, 9.17) is 27.9 Å². The first-order valence-electron chi connectivity index (χ1n) is 6.46. The fourth-order valence-electron chi connectivity index (χ4n) is 2.60. The van der Waals surface area contributed by atoms with E-state index < -0.39 is 46.9 Å². The van der Waals surface area contributed by atoms with Gasteiger partial charge in [0.1, 0.15) is 24.1 Å². The van der Waals surface area contributed by atoms with Crippen LogP contribution < -0.4 is 0 Å². The first-order valence-corrected chi connectivity index (χ1v) is 7.27. The van der Waals surface area contributed by atoms with Crippen LogP contribution in [0.25, 0.3) is 0 Å². The zero-order chi connectivity index (χ0) is 16.7. The van der Waals surface area contributed by atoms with Gasteiger partial charge in [-0.1, -0.05) is 37.0 Å². The molecule has 2 atom stereocenters. The predicted octanol–water partition coefficient (Wildman–Crippen LogP) is 4.74. The molecule has 2 rings (SSSR count). The second kappa shape index (κ2) is 6.13. The normalized spacial score (nSPS) is 23.3. The van der Waals surface area contributed by atoms with Crippen molar-refractivity contribution in [3.8, 4) is 0 Å². The maximum absolute atomic E-state index is 13.5. The number of halogens is 5. The number of carbonyl (C=O) groups is 1. The number of hydrogen-bond acceptors (Lipinski definition) is 2. The molecular formula is C15H13Cl2F3O2. The summed E-state index contributed by atoms with van der Waals surface area (Å²) in [5.74, 6) is -4.70. The predicted molar refractivity (Wildman–Crippen MR) is 76.7 cm³/mol. The van der Waals surface area contributed by atoms with Crippen LogP contribution in [0.2, 0.25) is 0 Å². The van der Waals surface area contributed by atoms with E-state index in [1.165, 1.54) is 5.54 Å². The lowest BCUT2D eigenvalue weighted by atomic mass is 10.1. The second-order valence-electron chi connectivity index (χ2n) is 5.73. The van der Waals surface area contributed by atoms with Crippen molar-refractivity contribution in [2.75, 3.05) is 0 Å². The average Bonchev–Trinajstić information content (AvgIpc) is 2.99. The molecule has 1 aliphatic carbocycles. The van der Waals surface area contributed by atoms with Crippen LogP contribution in [0.1, 0.15) is 19.4 Å². The maximum atomic E-state index is 13.5. The molecule has 22 heavy (non-hydrogen) atoms. The summed E-state index contributed by atoms with van der Waals surface area (Å²) < 4.78 is 44.7. The van der Waals surface area contributed by atoms with Gasteiger partial charge in [-0.2, -0.15) is 0 Å². The molecule has 7 heteroatoms. The van der Waals surface area contributed by atoms with Crippen LogP contribution in [0, 0.1) is 34.7 Å². The molecule has 0 radical (unpaired) electrons. The summed E-state index contributed by atoms with van der Waals surface area (Å²) in [5, 5.41) is 0.327. The Morgan fingerprint density at radius 1 is 1.27 bits per heavy atom. The zero-order valence-electron chi connectivity index (χ0n) is 11.8. The highest BCUT2D eigenvalue weighted by Gasteiger charge is 2.64. The van der Waals surface area contributed by atoms with Crippen LogP contribution in [0.4, 0.5) is 13.2 Å². The van der Waals surface area contributed by atoms with Gasteiger partial charge in [-0.25, -0.2) is 13.2 Å². The lowest BCUT2D eigenvalue weighted by molar-refractivity contribution is -0.147. The van der Waals surface area contributed by atoms with Crippen LogP contribution >= 0.6 is 23.2 Å². The number of benzene rings is 1. The Balaban J connectivity index is 2.06. The summed E-state index contributed by atoms with van der Waals surface area (Å²) in [6.45, 7) is 3.01. The molecule has 0 heterocycles. The van der Waals surface area contributed by atoms with Crippen molar-refractivity contribution >= 4 is 29.2 Å². The van der Waals surface area contributed by atoms with Gasteiger partial charge < -0.3 is 4.74 Å². The number of ether oxygens (including phenoxy) is 1. The molecule has 0 amide bonds. The van der Waals surface area contributed by atoms with Crippen LogP contribution in [0.3, 0.4) is 0 Å². The quantitative estimate of drug-likeness (QED) is 0.731. The first kappa shape index (κ1) is 17.2. The molecule has 0 saturated heterocycles. The average molecular weight is 353 g/mol. The largest absolute Gasteiger partial charge is 0.460 e. The van der Waals surface area contributed by atoms with E-state index >= 15 is 0 Å². The van der Waals surface area contributed by atoms with E-state index in [-0.39, 0.29) is 5.92 Å². The van der Waals surface area contributed by atoms with Gasteiger partial charge in [0.05, 0.1) is 11.5 Å². The summed E-state index contributed by atoms with van der Waals surface area (Å²) in [7, 11) is 0. The minimum Gasteiger partial charge on any atom is -0.460 e. The molecule has 0 aromatic heterocycles. The monoisotopic (exact) mass is 352 g/mol. The van der Waals surface area contributed by atoms with Gasteiger partial charge in [-0.3, -0.25) is 4.79 Å². The van der Waals surface area contributed by atoms with Crippen LogP contribution in [-0.4, -0.2) is 5.97 Å². The highest BCUT2D eigenvalue weighted by Crippen LogP contribution is 2.63. The third-order valence-corrected chi connectivity index (χ3v) is 4.64. The highest BCUT2D eigenvalue weighted by molar-refractivity contribution is 6.37. The van der Waals surface area contributed by atoms with E-state index in [2.05, 4.69) is 0 Å². The van der Waals surface area contributed by atoms with E-state index in [1.807, 2.05) is 13.8 Å². The van der Waals surface area contributed by atoms with E-state index in [0.29, 0.717) is 17.2 Å². The van der Waals surface area contributed by atoms with Crippen molar-refractivity contribution in [3.63, 3.8) is 0 Å². The lowest BCUT2D eigenvalue weighted by Crippen LogP contribution is -2.12.